The summed E-state index contributed by atoms with van der Waals surface area (Å²) in [4.78, 5) is 11.3. The van der Waals surface area contributed by atoms with E-state index in [0.717, 1.165) is 28.2 Å². The van der Waals surface area contributed by atoms with Crippen molar-refractivity contribution in [3.63, 3.8) is 0 Å². The Balaban J connectivity index is 1.72. The van der Waals surface area contributed by atoms with E-state index < -0.39 is 5.91 Å². The van der Waals surface area contributed by atoms with Crippen molar-refractivity contribution in [1.82, 2.24) is 9.99 Å². The topological polar surface area (TPSA) is 103 Å². The van der Waals surface area contributed by atoms with Crippen LogP contribution >= 0.6 is 0 Å². The Bertz CT molecular complexity index is 1190. The van der Waals surface area contributed by atoms with Crippen LogP contribution in [0.1, 0.15) is 34.5 Å². The summed E-state index contributed by atoms with van der Waals surface area (Å²) in [5.41, 5.74) is 7.59. The first kappa shape index (κ1) is 21.4. The van der Waals surface area contributed by atoms with E-state index >= 15 is 0 Å². The van der Waals surface area contributed by atoms with Crippen molar-refractivity contribution < 1.29 is 9.53 Å². The van der Waals surface area contributed by atoms with E-state index in [2.05, 4.69) is 21.2 Å². The van der Waals surface area contributed by atoms with Crippen LogP contribution in [0.15, 0.2) is 59.7 Å². The number of ether oxygens (including phenoxy) is 1. The summed E-state index contributed by atoms with van der Waals surface area (Å²) in [6.45, 7) is 4.28. The Hall–Kier alpha value is -4.36. The molecule has 31 heavy (non-hydrogen) atoms. The maximum atomic E-state index is 11.3. The van der Waals surface area contributed by atoms with Gasteiger partial charge in [-0.25, -0.2) is 5.43 Å². The van der Waals surface area contributed by atoms with Crippen LogP contribution in [0.4, 0.5) is 0 Å². The van der Waals surface area contributed by atoms with Crippen molar-refractivity contribution in [1.29, 1.82) is 10.5 Å². The number of rotatable bonds is 7. The summed E-state index contributed by atoms with van der Waals surface area (Å²) in [7, 11) is 0. The number of hydrazone groups is 1. The molecule has 3 rings (SSSR count). The lowest BCUT2D eigenvalue weighted by Crippen LogP contribution is -2.16. The van der Waals surface area contributed by atoms with E-state index in [1.54, 1.807) is 18.4 Å². The number of aromatic nitrogens is 1. The third-order valence-corrected chi connectivity index (χ3v) is 4.73. The second-order valence-corrected chi connectivity index (χ2v) is 6.84. The minimum Gasteiger partial charge on any atom is -0.489 e. The molecule has 3 aromatic rings. The van der Waals surface area contributed by atoms with Gasteiger partial charge in [0.05, 0.1) is 23.9 Å². The van der Waals surface area contributed by atoms with Crippen LogP contribution in [0.5, 0.6) is 5.75 Å². The van der Waals surface area contributed by atoms with Gasteiger partial charge in [0.1, 0.15) is 18.8 Å². The van der Waals surface area contributed by atoms with E-state index in [9.17, 15) is 10.1 Å². The zero-order valence-electron chi connectivity index (χ0n) is 17.3. The molecule has 0 spiro atoms. The summed E-state index contributed by atoms with van der Waals surface area (Å²) < 4.78 is 7.92. The fourth-order valence-corrected chi connectivity index (χ4v) is 3.21. The number of amides is 1. The van der Waals surface area contributed by atoms with Crippen molar-refractivity contribution in [2.75, 3.05) is 0 Å². The van der Waals surface area contributed by atoms with Gasteiger partial charge in [-0.3, -0.25) is 4.79 Å². The Morgan fingerprint density at radius 3 is 2.61 bits per heavy atom. The Morgan fingerprint density at radius 2 is 1.90 bits per heavy atom. The van der Waals surface area contributed by atoms with Crippen molar-refractivity contribution in [2.45, 2.75) is 26.9 Å². The SMILES string of the molecule is Cc1cc(C=NNC(=O)CC#N)c(C)n1-c1ccc(OCc2ccccc2C#N)cc1. The van der Waals surface area contributed by atoms with Gasteiger partial charge in [-0.1, -0.05) is 18.2 Å². The quantitative estimate of drug-likeness (QED) is 0.470. The van der Waals surface area contributed by atoms with E-state index in [0.29, 0.717) is 17.9 Å². The fraction of sp³-hybridized carbons (Fsp3) is 0.167. The van der Waals surface area contributed by atoms with Crippen LogP contribution in [0, 0.1) is 36.5 Å². The molecular formula is C24H21N5O2. The van der Waals surface area contributed by atoms with E-state index in [4.69, 9.17) is 10.00 Å². The maximum Gasteiger partial charge on any atom is 0.254 e. The van der Waals surface area contributed by atoms with Crippen molar-refractivity contribution in [2.24, 2.45) is 5.10 Å². The van der Waals surface area contributed by atoms with Gasteiger partial charge in [-0.05, 0) is 50.2 Å². The van der Waals surface area contributed by atoms with Gasteiger partial charge in [0, 0.05) is 28.2 Å². The molecule has 0 unspecified atom stereocenters. The van der Waals surface area contributed by atoms with Gasteiger partial charge < -0.3 is 9.30 Å². The van der Waals surface area contributed by atoms with Crippen LogP contribution in [-0.4, -0.2) is 16.7 Å². The molecule has 1 heterocycles. The molecule has 1 amide bonds. The number of hydrogen-bond donors (Lipinski definition) is 1. The molecule has 0 aliphatic carbocycles. The largest absolute Gasteiger partial charge is 0.489 e. The number of benzene rings is 2. The lowest BCUT2D eigenvalue weighted by Gasteiger charge is -2.12. The number of carbonyl (C=O) groups is 1. The Labute approximate surface area is 180 Å². The molecule has 0 radical (unpaired) electrons. The predicted molar refractivity (Wildman–Crippen MR) is 117 cm³/mol. The summed E-state index contributed by atoms with van der Waals surface area (Å²) in [5.74, 6) is 0.265. The van der Waals surface area contributed by atoms with Gasteiger partial charge in [0.2, 0.25) is 0 Å². The van der Waals surface area contributed by atoms with Gasteiger partial charge in [-0.2, -0.15) is 15.6 Å². The molecule has 0 aliphatic rings. The molecule has 7 heteroatoms. The standard InChI is InChI=1S/C24H21N5O2/c1-17-13-21(15-27-28-24(30)11-12-25)18(2)29(17)22-7-9-23(10-8-22)31-16-20-6-4-3-5-19(20)14-26/h3-10,13,15H,11,16H2,1-2H3,(H,28,30). The third kappa shape index (κ3) is 5.17. The lowest BCUT2D eigenvalue weighted by atomic mass is 10.1. The van der Waals surface area contributed by atoms with E-state index in [1.165, 1.54) is 0 Å². The highest BCUT2D eigenvalue weighted by molar-refractivity contribution is 5.84. The van der Waals surface area contributed by atoms with Gasteiger partial charge in [-0.15, -0.1) is 0 Å². The summed E-state index contributed by atoms with van der Waals surface area (Å²) in [6, 6.07) is 21.0. The van der Waals surface area contributed by atoms with Gasteiger partial charge >= 0.3 is 0 Å². The highest BCUT2D eigenvalue weighted by Crippen LogP contribution is 2.23. The molecule has 0 atom stereocenters. The van der Waals surface area contributed by atoms with Crippen LogP contribution in [0.25, 0.3) is 5.69 Å². The smallest absolute Gasteiger partial charge is 0.254 e. The lowest BCUT2D eigenvalue weighted by molar-refractivity contribution is -0.120. The number of nitrogens with zero attached hydrogens (tertiary/aromatic N) is 4. The van der Waals surface area contributed by atoms with Crippen LogP contribution in [0.2, 0.25) is 0 Å². The van der Waals surface area contributed by atoms with E-state index in [1.807, 2.05) is 62.4 Å². The zero-order chi connectivity index (χ0) is 22.2. The summed E-state index contributed by atoms with van der Waals surface area (Å²) in [6.07, 6.45) is 1.34. The highest BCUT2D eigenvalue weighted by Gasteiger charge is 2.10. The average molecular weight is 411 g/mol. The number of hydrogen-bond acceptors (Lipinski definition) is 5. The van der Waals surface area contributed by atoms with Gasteiger partial charge in [0.15, 0.2) is 0 Å². The number of nitrogens with one attached hydrogen (secondary N) is 1. The van der Waals surface area contributed by atoms with Crippen LogP contribution in [-0.2, 0) is 11.4 Å². The summed E-state index contributed by atoms with van der Waals surface area (Å²) in [5, 5.41) is 21.6. The summed E-state index contributed by atoms with van der Waals surface area (Å²) >= 11 is 0. The zero-order valence-corrected chi connectivity index (χ0v) is 17.3. The molecule has 0 fully saturated rings. The second-order valence-electron chi connectivity index (χ2n) is 6.84. The van der Waals surface area contributed by atoms with E-state index in [-0.39, 0.29) is 6.42 Å². The molecule has 1 aromatic heterocycles. The maximum absolute atomic E-state index is 11.3. The number of carbonyl (C=O) groups excluding carboxylic acids is 1. The molecule has 0 aliphatic heterocycles. The molecule has 0 bridgehead atoms. The molecule has 1 N–H and O–H groups in total. The molecule has 0 saturated heterocycles. The highest BCUT2D eigenvalue weighted by atomic mass is 16.5. The van der Waals surface area contributed by atoms with Crippen LogP contribution in [0.3, 0.4) is 0 Å². The molecule has 0 saturated carbocycles. The molecule has 2 aromatic carbocycles. The van der Waals surface area contributed by atoms with Crippen LogP contribution < -0.4 is 10.2 Å². The molecule has 154 valence electrons. The van der Waals surface area contributed by atoms with Crippen molar-refractivity contribution >= 4 is 12.1 Å². The van der Waals surface area contributed by atoms with Crippen molar-refractivity contribution in [3.8, 4) is 23.6 Å². The number of nitriles is 2. The average Bonchev–Trinajstić information content (AvgIpc) is 3.06. The minimum atomic E-state index is -0.444. The predicted octanol–water partition coefficient (Wildman–Crippen LogP) is 3.91. The molecule has 7 nitrogen and oxygen atoms in total. The fourth-order valence-electron chi connectivity index (χ4n) is 3.21. The first-order chi connectivity index (χ1) is 15.0. The Morgan fingerprint density at radius 1 is 1.16 bits per heavy atom. The normalized spacial score (nSPS) is 10.5. The van der Waals surface area contributed by atoms with Gasteiger partial charge in [0.25, 0.3) is 5.91 Å². The third-order valence-electron chi connectivity index (χ3n) is 4.73. The first-order valence-electron chi connectivity index (χ1n) is 9.62. The second kappa shape index (κ2) is 9.91. The first-order valence-corrected chi connectivity index (χ1v) is 9.62. The minimum absolute atomic E-state index is 0.229. The Kier molecular flexibility index (Phi) is 6.82. The van der Waals surface area contributed by atoms with Crippen molar-refractivity contribution in [3.05, 3.63) is 82.7 Å². The monoisotopic (exact) mass is 411 g/mol. The number of aryl methyl sites for hydroxylation is 1. The molecular weight excluding hydrogens is 390 g/mol.